The third kappa shape index (κ3) is 5.42. The number of carbonyl (C=O) groups excluding carboxylic acids is 1. The molecule has 0 spiro atoms. The Morgan fingerprint density at radius 3 is 2.81 bits per heavy atom. The number of nitrogens with zero attached hydrogens (tertiary/aromatic N) is 2. The van der Waals surface area contributed by atoms with Crippen molar-refractivity contribution in [3.8, 4) is 5.75 Å². The molecule has 1 N–H and O–H groups in total. The average molecular weight is 496 g/mol. The highest BCUT2D eigenvalue weighted by Gasteiger charge is 2.11. The molecule has 31 heavy (non-hydrogen) atoms. The van der Waals surface area contributed by atoms with Crippen LogP contribution in [-0.2, 0) is 13.2 Å². The summed E-state index contributed by atoms with van der Waals surface area (Å²) in [5.41, 5.74) is 5.13. The highest BCUT2D eigenvalue weighted by atomic mass is 79.9. The molecule has 1 amide bonds. The van der Waals surface area contributed by atoms with E-state index in [4.69, 9.17) is 4.74 Å². The normalized spacial score (nSPS) is 10.8. The van der Waals surface area contributed by atoms with E-state index in [1.807, 2.05) is 58.7 Å². The largest absolute Gasteiger partial charge is 0.489 e. The number of hydrogen-bond acceptors (Lipinski definition) is 4. The number of ether oxygens (including phenoxy) is 1. The fraction of sp³-hybridized carbons (Fsp3) is 0.167. The Balaban J connectivity index is 1.37. The molecule has 0 saturated heterocycles. The summed E-state index contributed by atoms with van der Waals surface area (Å²) in [7, 11) is 0. The molecule has 0 fully saturated rings. The molecule has 0 aliphatic heterocycles. The smallest absolute Gasteiger partial charge is 0.265 e. The summed E-state index contributed by atoms with van der Waals surface area (Å²) in [6.45, 7) is 5.19. The number of thiophene rings is 1. The lowest BCUT2D eigenvalue weighted by Gasteiger charge is -2.10. The Morgan fingerprint density at radius 1 is 1.16 bits per heavy atom. The lowest BCUT2D eigenvalue weighted by atomic mass is 10.1. The van der Waals surface area contributed by atoms with E-state index in [1.54, 1.807) is 6.20 Å². The number of halogens is 1. The summed E-state index contributed by atoms with van der Waals surface area (Å²) in [6, 6.07) is 15.7. The predicted octanol–water partition coefficient (Wildman–Crippen LogP) is 6.20. The van der Waals surface area contributed by atoms with Crippen LogP contribution in [0.25, 0.3) is 0 Å². The van der Waals surface area contributed by atoms with E-state index in [1.165, 1.54) is 16.9 Å². The molecule has 4 rings (SSSR count). The first kappa shape index (κ1) is 21.3. The Labute approximate surface area is 193 Å². The molecule has 7 heteroatoms. The van der Waals surface area contributed by atoms with Gasteiger partial charge in [-0.05, 0) is 76.1 Å². The van der Waals surface area contributed by atoms with Gasteiger partial charge in [0.2, 0.25) is 0 Å². The van der Waals surface area contributed by atoms with Crippen molar-refractivity contribution in [1.29, 1.82) is 0 Å². The monoisotopic (exact) mass is 495 g/mol. The van der Waals surface area contributed by atoms with Gasteiger partial charge >= 0.3 is 0 Å². The topological polar surface area (TPSA) is 56.1 Å². The van der Waals surface area contributed by atoms with Crippen LogP contribution in [0.1, 0.15) is 31.9 Å². The van der Waals surface area contributed by atoms with Crippen molar-refractivity contribution < 1.29 is 9.53 Å². The van der Waals surface area contributed by atoms with Crippen molar-refractivity contribution in [2.75, 3.05) is 5.32 Å². The van der Waals surface area contributed by atoms with Crippen LogP contribution in [0.4, 0.5) is 5.69 Å². The molecule has 2 heterocycles. The van der Waals surface area contributed by atoms with Crippen molar-refractivity contribution in [2.24, 2.45) is 0 Å². The second-order valence-electron chi connectivity index (χ2n) is 7.32. The quantitative estimate of drug-likeness (QED) is 0.331. The van der Waals surface area contributed by atoms with Crippen LogP contribution in [-0.4, -0.2) is 15.7 Å². The SMILES string of the molecule is Cc1cccc(OCc2csc(C(=O)Nc3cccc(Cn4cc(Br)cn4)c3)c2)c1C. The number of anilines is 1. The number of amides is 1. The highest BCUT2D eigenvalue weighted by molar-refractivity contribution is 9.10. The zero-order valence-corrected chi connectivity index (χ0v) is 19.7. The second kappa shape index (κ2) is 9.49. The third-order valence-electron chi connectivity index (χ3n) is 4.96. The standard InChI is InChI=1S/C24H22BrN3O2S/c1-16-5-3-8-22(17(16)2)30-14-19-10-23(31-15-19)24(29)27-21-7-4-6-18(9-21)12-28-13-20(25)11-26-28/h3-11,13,15H,12,14H2,1-2H3,(H,27,29). The van der Waals surface area contributed by atoms with E-state index in [-0.39, 0.29) is 5.91 Å². The maximum atomic E-state index is 12.7. The first-order valence-electron chi connectivity index (χ1n) is 9.82. The van der Waals surface area contributed by atoms with Crippen molar-refractivity contribution >= 4 is 38.9 Å². The van der Waals surface area contributed by atoms with E-state index in [9.17, 15) is 4.79 Å². The van der Waals surface area contributed by atoms with Gasteiger partial charge in [-0.3, -0.25) is 9.48 Å². The Bertz CT molecular complexity index is 1220. The minimum absolute atomic E-state index is 0.123. The van der Waals surface area contributed by atoms with Gasteiger partial charge in [-0.2, -0.15) is 5.10 Å². The first-order valence-corrected chi connectivity index (χ1v) is 11.5. The van der Waals surface area contributed by atoms with Crippen molar-refractivity contribution in [1.82, 2.24) is 9.78 Å². The maximum absolute atomic E-state index is 12.7. The molecule has 0 aliphatic rings. The van der Waals surface area contributed by atoms with E-state index in [0.717, 1.165) is 32.6 Å². The number of carbonyl (C=O) groups is 1. The molecule has 0 saturated carbocycles. The lowest BCUT2D eigenvalue weighted by molar-refractivity contribution is 0.103. The van der Waals surface area contributed by atoms with Crippen molar-refractivity contribution in [2.45, 2.75) is 27.0 Å². The molecule has 0 radical (unpaired) electrons. The summed E-state index contributed by atoms with van der Waals surface area (Å²) in [5.74, 6) is 0.750. The minimum atomic E-state index is -0.123. The van der Waals surface area contributed by atoms with E-state index in [2.05, 4.69) is 46.3 Å². The van der Waals surface area contributed by atoms with Gasteiger partial charge in [0.05, 0.1) is 22.1 Å². The highest BCUT2D eigenvalue weighted by Crippen LogP contribution is 2.24. The fourth-order valence-electron chi connectivity index (χ4n) is 3.16. The summed E-state index contributed by atoms with van der Waals surface area (Å²) in [5, 5.41) is 9.22. The van der Waals surface area contributed by atoms with Gasteiger partial charge in [-0.15, -0.1) is 11.3 Å². The Kier molecular flexibility index (Phi) is 6.53. The van der Waals surface area contributed by atoms with Gasteiger partial charge in [-0.1, -0.05) is 24.3 Å². The van der Waals surface area contributed by atoms with Crippen LogP contribution < -0.4 is 10.1 Å². The molecule has 0 bridgehead atoms. The van der Waals surface area contributed by atoms with Crippen LogP contribution in [0.2, 0.25) is 0 Å². The van der Waals surface area contributed by atoms with E-state index >= 15 is 0 Å². The number of hydrogen-bond donors (Lipinski definition) is 1. The van der Waals surface area contributed by atoms with Crippen molar-refractivity contribution in [3.05, 3.63) is 97.9 Å². The molecule has 158 valence electrons. The summed E-state index contributed by atoms with van der Waals surface area (Å²) in [4.78, 5) is 13.4. The fourth-order valence-corrected chi connectivity index (χ4v) is 4.28. The second-order valence-corrected chi connectivity index (χ2v) is 9.14. The molecule has 2 aromatic carbocycles. The number of aryl methyl sites for hydroxylation is 1. The molecule has 4 aromatic rings. The van der Waals surface area contributed by atoms with Gasteiger partial charge in [0, 0.05) is 17.4 Å². The summed E-state index contributed by atoms with van der Waals surface area (Å²) < 4.78 is 8.73. The van der Waals surface area contributed by atoms with Gasteiger partial charge in [0.15, 0.2) is 0 Å². The van der Waals surface area contributed by atoms with Crippen LogP contribution >= 0.6 is 27.3 Å². The summed E-state index contributed by atoms with van der Waals surface area (Å²) >= 11 is 4.82. The Hall–Kier alpha value is -2.90. The molecular formula is C24H22BrN3O2S. The van der Waals surface area contributed by atoms with Gasteiger partial charge in [0.25, 0.3) is 5.91 Å². The number of rotatable bonds is 7. The van der Waals surface area contributed by atoms with E-state index < -0.39 is 0 Å². The van der Waals surface area contributed by atoms with Gasteiger partial charge in [-0.25, -0.2) is 0 Å². The average Bonchev–Trinajstić information content (AvgIpc) is 3.38. The third-order valence-corrected chi connectivity index (χ3v) is 6.35. The minimum Gasteiger partial charge on any atom is -0.489 e. The zero-order valence-electron chi connectivity index (χ0n) is 17.3. The van der Waals surface area contributed by atoms with Gasteiger partial charge in [0.1, 0.15) is 12.4 Å². The van der Waals surface area contributed by atoms with Crippen LogP contribution in [0, 0.1) is 13.8 Å². The maximum Gasteiger partial charge on any atom is 0.265 e. The predicted molar refractivity (Wildman–Crippen MR) is 128 cm³/mol. The molecule has 0 aliphatic carbocycles. The molecule has 5 nitrogen and oxygen atoms in total. The Morgan fingerprint density at radius 2 is 2.00 bits per heavy atom. The van der Waals surface area contributed by atoms with Crippen LogP contribution in [0.15, 0.2) is 70.8 Å². The number of aromatic nitrogens is 2. The van der Waals surface area contributed by atoms with Crippen LogP contribution in [0.5, 0.6) is 5.75 Å². The van der Waals surface area contributed by atoms with Gasteiger partial charge < -0.3 is 10.1 Å². The zero-order chi connectivity index (χ0) is 21.8. The first-order chi connectivity index (χ1) is 15.0. The molecule has 0 unspecified atom stereocenters. The number of benzene rings is 2. The van der Waals surface area contributed by atoms with E-state index in [0.29, 0.717) is 18.0 Å². The molecular weight excluding hydrogens is 474 g/mol. The van der Waals surface area contributed by atoms with Crippen LogP contribution in [0.3, 0.4) is 0 Å². The number of nitrogens with one attached hydrogen (secondary N) is 1. The van der Waals surface area contributed by atoms with Crippen molar-refractivity contribution in [3.63, 3.8) is 0 Å². The molecule has 2 aromatic heterocycles. The lowest BCUT2D eigenvalue weighted by Crippen LogP contribution is -2.10. The molecule has 0 atom stereocenters. The summed E-state index contributed by atoms with van der Waals surface area (Å²) in [6.07, 6.45) is 3.67.